The highest BCUT2D eigenvalue weighted by Crippen LogP contribution is 2.15. The van der Waals surface area contributed by atoms with E-state index in [0.29, 0.717) is 13.1 Å². The highest BCUT2D eigenvalue weighted by Gasteiger charge is 2.02. The Labute approximate surface area is 113 Å². The summed E-state index contributed by atoms with van der Waals surface area (Å²) in [5.41, 5.74) is 2.21. The number of hydrogen-bond donors (Lipinski definition) is 2. The summed E-state index contributed by atoms with van der Waals surface area (Å²) >= 11 is 0. The van der Waals surface area contributed by atoms with Gasteiger partial charge in [0.1, 0.15) is 0 Å². The molecule has 1 aromatic carbocycles. The molecule has 0 radical (unpaired) electrons. The molecule has 19 heavy (non-hydrogen) atoms. The molecule has 4 heteroatoms. The van der Waals surface area contributed by atoms with Crippen LogP contribution < -0.4 is 10.6 Å². The first kappa shape index (κ1) is 13.1. The number of pyridine rings is 1. The molecule has 2 rings (SSSR count). The lowest BCUT2D eigenvalue weighted by Crippen LogP contribution is -2.36. The number of aromatic nitrogens is 1. The van der Waals surface area contributed by atoms with Crippen molar-refractivity contribution in [1.29, 1.82) is 0 Å². The third kappa shape index (κ3) is 3.31. The highest BCUT2D eigenvalue weighted by atomic mass is 15.2. The maximum Gasteiger partial charge on any atom is 0.191 e. The minimum atomic E-state index is 0.691. The van der Waals surface area contributed by atoms with E-state index in [1.165, 1.54) is 5.56 Å². The summed E-state index contributed by atoms with van der Waals surface area (Å²) in [5, 5.41) is 7.58. The number of benzene rings is 1. The summed E-state index contributed by atoms with van der Waals surface area (Å²) in [7, 11) is 1.75. The summed E-state index contributed by atoms with van der Waals surface area (Å²) in [4.78, 5) is 8.50. The van der Waals surface area contributed by atoms with Crippen molar-refractivity contribution < 1.29 is 0 Å². The SMILES string of the molecule is C=CCNC(=NC)NCc1ccnc2ccccc12. The third-order valence-electron chi connectivity index (χ3n) is 2.82. The topological polar surface area (TPSA) is 49.3 Å². The van der Waals surface area contributed by atoms with Gasteiger partial charge in [0.2, 0.25) is 0 Å². The zero-order valence-electron chi connectivity index (χ0n) is 11.1. The molecular formula is C15H18N4. The summed E-state index contributed by atoms with van der Waals surface area (Å²) in [6.45, 7) is 5.07. The molecule has 0 aliphatic rings. The average molecular weight is 254 g/mol. The smallest absolute Gasteiger partial charge is 0.191 e. The van der Waals surface area contributed by atoms with E-state index in [9.17, 15) is 0 Å². The number of aliphatic imine (C=N–C) groups is 1. The number of para-hydroxylation sites is 1. The van der Waals surface area contributed by atoms with Crippen molar-refractivity contribution in [2.75, 3.05) is 13.6 Å². The monoisotopic (exact) mass is 254 g/mol. The van der Waals surface area contributed by atoms with Crippen LogP contribution in [0.15, 0.2) is 54.2 Å². The minimum absolute atomic E-state index is 0.691. The zero-order chi connectivity index (χ0) is 13.5. The van der Waals surface area contributed by atoms with Crippen LogP contribution in [0.1, 0.15) is 5.56 Å². The molecule has 0 bridgehead atoms. The molecule has 0 unspecified atom stereocenters. The maximum atomic E-state index is 4.35. The first-order chi connectivity index (χ1) is 9.35. The van der Waals surface area contributed by atoms with Gasteiger partial charge in [-0.15, -0.1) is 6.58 Å². The van der Waals surface area contributed by atoms with Crippen LogP contribution in [-0.2, 0) is 6.54 Å². The van der Waals surface area contributed by atoms with Gasteiger partial charge in [-0.25, -0.2) is 0 Å². The Morgan fingerprint density at radius 2 is 2.16 bits per heavy atom. The number of guanidine groups is 1. The molecule has 1 heterocycles. The molecule has 2 aromatic rings. The molecule has 98 valence electrons. The van der Waals surface area contributed by atoms with Gasteiger partial charge < -0.3 is 10.6 Å². The van der Waals surface area contributed by atoms with E-state index in [4.69, 9.17) is 0 Å². The van der Waals surface area contributed by atoms with Crippen LogP contribution in [0, 0.1) is 0 Å². The van der Waals surface area contributed by atoms with Crippen LogP contribution in [-0.4, -0.2) is 24.5 Å². The molecule has 2 N–H and O–H groups in total. The van der Waals surface area contributed by atoms with Gasteiger partial charge in [-0.2, -0.15) is 0 Å². The first-order valence-electron chi connectivity index (χ1n) is 6.23. The van der Waals surface area contributed by atoms with Crippen molar-refractivity contribution in [3.63, 3.8) is 0 Å². The van der Waals surface area contributed by atoms with Crippen LogP contribution in [0.5, 0.6) is 0 Å². The first-order valence-corrected chi connectivity index (χ1v) is 6.23. The number of fused-ring (bicyclic) bond motifs is 1. The molecule has 0 saturated carbocycles. The second-order valence-corrected chi connectivity index (χ2v) is 4.08. The Morgan fingerprint density at radius 1 is 1.32 bits per heavy atom. The number of nitrogens with zero attached hydrogens (tertiary/aromatic N) is 2. The quantitative estimate of drug-likeness (QED) is 0.499. The maximum absolute atomic E-state index is 4.35. The largest absolute Gasteiger partial charge is 0.353 e. The van der Waals surface area contributed by atoms with E-state index in [1.54, 1.807) is 13.1 Å². The van der Waals surface area contributed by atoms with E-state index < -0.39 is 0 Å². The Balaban J connectivity index is 2.11. The van der Waals surface area contributed by atoms with Crippen LogP contribution in [0.3, 0.4) is 0 Å². The van der Waals surface area contributed by atoms with Crippen LogP contribution >= 0.6 is 0 Å². The summed E-state index contributed by atoms with van der Waals surface area (Å²) in [6, 6.07) is 10.1. The van der Waals surface area contributed by atoms with Gasteiger partial charge in [-0.3, -0.25) is 9.98 Å². The molecule has 4 nitrogen and oxygen atoms in total. The van der Waals surface area contributed by atoms with Gasteiger partial charge in [0.25, 0.3) is 0 Å². The number of hydrogen-bond acceptors (Lipinski definition) is 2. The third-order valence-corrected chi connectivity index (χ3v) is 2.82. The summed E-state index contributed by atoms with van der Waals surface area (Å²) in [6.07, 6.45) is 3.63. The Hall–Kier alpha value is -2.36. The molecule has 0 spiro atoms. The van der Waals surface area contributed by atoms with Gasteiger partial charge in [0.15, 0.2) is 5.96 Å². The predicted octanol–water partition coefficient (Wildman–Crippen LogP) is 2.09. The van der Waals surface area contributed by atoms with Crippen LogP contribution in [0.2, 0.25) is 0 Å². The van der Waals surface area contributed by atoms with Gasteiger partial charge in [-0.05, 0) is 17.7 Å². The molecule has 0 atom stereocenters. The van der Waals surface area contributed by atoms with Gasteiger partial charge >= 0.3 is 0 Å². The number of nitrogens with one attached hydrogen (secondary N) is 2. The van der Waals surface area contributed by atoms with Crippen molar-refractivity contribution >= 4 is 16.9 Å². The fourth-order valence-electron chi connectivity index (χ4n) is 1.88. The molecule has 1 aromatic heterocycles. The average Bonchev–Trinajstić information content (AvgIpc) is 2.47. The second-order valence-electron chi connectivity index (χ2n) is 4.08. The fraction of sp³-hybridized carbons (Fsp3) is 0.200. The predicted molar refractivity (Wildman–Crippen MR) is 80.1 cm³/mol. The van der Waals surface area contributed by atoms with E-state index in [-0.39, 0.29) is 0 Å². The van der Waals surface area contributed by atoms with Crippen molar-refractivity contribution in [3.8, 4) is 0 Å². The molecule has 0 aliphatic carbocycles. The molecule has 0 aliphatic heterocycles. The zero-order valence-corrected chi connectivity index (χ0v) is 11.1. The minimum Gasteiger partial charge on any atom is -0.353 e. The Kier molecular flexibility index (Phi) is 4.50. The molecule has 0 amide bonds. The number of rotatable bonds is 4. The fourth-order valence-corrected chi connectivity index (χ4v) is 1.88. The summed E-state index contributed by atoms with van der Waals surface area (Å²) in [5.74, 6) is 0.765. The van der Waals surface area contributed by atoms with E-state index in [0.717, 1.165) is 16.9 Å². The lowest BCUT2D eigenvalue weighted by Gasteiger charge is -2.11. The molecule has 0 fully saturated rings. The van der Waals surface area contributed by atoms with E-state index >= 15 is 0 Å². The van der Waals surface area contributed by atoms with E-state index in [1.807, 2.05) is 30.5 Å². The standard InChI is InChI=1S/C15H18N4/c1-3-9-18-15(16-2)19-11-12-8-10-17-14-7-5-4-6-13(12)14/h3-8,10H,1,9,11H2,2H3,(H2,16,18,19). The summed E-state index contributed by atoms with van der Waals surface area (Å²) < 4.78 is 0. The molecular weight excluding hydrogens is 236 g/mol. The van der Waals surface area contributed by atoms with E-state index in [2.05, 4.69) is 33.3 Å². The van der Waals surface area contributed by atoms with Gasteiger partial charge in [0, 0.05) is 31.7 Å². The second kappa shape index (κ2) is 6.54. The van der Waals surface area contributed by atoms with Crippen LogP contribution in [0.4, 0.5) is 0 Å². The van der Waals surface area contributed by atoms with Gasteiger partial charge in [0.05, 0.1) is 5.52 Å². The van der Waals surface area contributed by atoms with Gasteiger partial charge in [-0.1, -0.05) is 24.3 Å². The normalized spacial score (nSPS) is 11.3. The lowest BCUT2D eigenvalue weighted by molar-refractivity contribution is 0.851. The van der Waals surface area contributed by atoms with Crippen molar-refractivity contribution in [3.05, 3.63) is 54.7 Å². The van der Waals surface area contributed by atoms with Crippen molar-refractivity contribution in [2.45, 2.75) is 6.54 Å². The lowest BCUT2D eigenvalue weighted by atomic mass is 10.1. The highest BCUT2D eigenvalue weighted by molar-refractivity contribution is 5.83. The van der Waals surface area contributed by atoms with Crippen molar-refractivity contribution in [2.24, 2.45) is 4.99 Å². The Bertz CT molecular complexity index is 584. The van der Waals surface area contributed by atoms with Crippen molar-refractivity contribution in [1.82, 2.24) is 15.6 Å². The van der Waals surface area contributed by atoms with Crippen LogP contribution in [0.25, 0.3) is 10.9 Å². The Morgan fingerprint density at radius 3 is 2.95 bits per heavy atom. The molecule has 0 saturated heterocycles.